The van der Waals surface area contributed by atoms with Crippen LogP contribution in [0.15, 0.2) is 61.1 Å². The first-order valence-corrected chi connectivity index (χ1v) is 10.1. The molecule has 3 aromatic rings. The van der Waals surface area contributed by atoms with Crippen molar-refractivity contribution >= 4 is 17.4 Å². The highest BCUT2D eigenvalue weighted by Crippen LogP contribution is 2.37. The van der Waals surface area contributed by atoms with E-state index in [0.717, 1.165) is 22.5 Å². The Morgan fingerprint density at radius 2 is 1.90 bits per heavy atom. The minimum absolute atomic E-state index is 0.0871. The maximum Gasteiger partial charge on any atom is 0.322 e. The van der Waals surface area contributed by atoms with E-state index in [0.29, 0.717) is 12.1 Å². The van der Waals surface area contributed by atoms with Gasteiger partial charge in [0.2, 0.25) is 0 Å². The van der Waals surface area contributed by atoms with E-state index in [9.17, 15) is 9.59 Å². The highest BCUT2D eigenvalue weighted by atomic mass is 16.5. The molecule has 3 rings (SSSR count). The highest BCUT2D eigenvalue weighted by molar-refractivity contribution is 6.08. The summed E-state index contributed by atoms with van der Waals surface area (Å²) in [5.41, 5.74) is 9.17. The Morgan fingerprint density at radius 1 is 1.16 bits per heavy atom. The molecular weight excluding hydrogens is 392 g/mol. The van der Waals surface area contributed by atoms with Gasteiger partial charge < -0.3 is 20.8 Å². The number of esters is 1. The topological polar surface area (TPSA) is 110 Å². The SMILES string of the molecule is COC(=O)[C@@H](N)CC(C)(C)C(=O)c1cccc(NCc2cnc[nH]2)c1-c1ccccc1. The van der Waals surface area contributed by atoms with Gasteiger partial charge in [0, 0.05) is 28.4 Å². The number of hydrogen-bond donors (Lipinski definition) is 3. The number of carbonyl (C=O) groups excluding carboxylic acids is 2. The van der Waals surface area contributed by atoms with E-state index in [-0.39, 0.29) is 12.2 Å². The number of nitrogens with two attached hydrogens (primary N) is 1. The van der Waals surface area contributed by atoms with Crippen LogP contribution in [0.25, 0.3) is 11.1 Å². The Balaban J connectivity index is 1.99. The quantitative estimate of drug-likeness (QED) is 0.359. The molecule has 0 aliphatic carbocycles. The molecule has 0 bridgehead atoms. The van der Waals surface area contributed by atoms with Gasteiger partial charge in [0.05, 0.1) is 25.7 Å². The number of nitrogens with one attached hydrogen (secondary N) is 2. The number of hydrogen-bond acceptors (Lipinski definition) is 6. The zero-order valence-electron chi connectivity index (χ0n) is 18.0. The molecule has 7 nitrogen and oxygen atoms in total. The Labute approximate surface area is 182 Å². The summed E-state index contributed by atoms with van der Waals surface area (Å²) < 4.78 is 4.73. The van der Waals surface area contributed by atoms with Crippen LogP contribution in [0.3, 0.4) is 0 Å². The second kappa shape index (κ2) is 9.57. The number of Topliss-reactive ketones (excluding diaryl/α,β-unsaturated/α-hetero) is 1. The van der Waals surface area contributed by atoms with E-state index in [4.69, 9.17) is 10.5 Å². The molecule has 1 atom stereocenters. The maximum atomic E-state index is 13.6. The summed E-state index contributed by atoms with van der Waals surface area (Å²) in [6.45, 7) is 4.14. The Bertz CT molecular complexity index is 1030. The first kappa shape index (κ1) is 22.2. The highest BCUT2D eigenvalue weighted by Gasteiger charge is 2.35. The van der Waals surface area contributed by atoms with Crippen LogP contribution in [0.1, 0.15) is 36.3 Å². The lowest BCUT2D eigenvalue weighted by atomic mass is 9.77. The van der Waals surface area contributed by atoms with Gasteiger partial charge in [-0.2, -0.15) is 0 Å². The number of benzene rings is 2. The van der Waals surface area contributed by atoms with E-state index >= 15 is 0 Å². The summed E-state index contributed by atoms with van der Waals surface area (Å²) in [5, 5.41) is 3.41. The fourth-order valence-electron chi connectivity index (χ4n) is 3.62. The number of methoxy groups -OCH3 is 1. The first-order valence-electron chi connectivity index (χ1n) is 10.1. The van der Waals surface area contributed by atoms with Crippen LogP contribution in [0.4, 0.5) is 5.69 Å². The molecule has 0 radical (unpaired) electrons. The number of aromatic nitrogens is 2. The van der Waals surface area contributed by atoms with Crippen LogP contribution in [-0.4, -0.2) is 34.9 Å². The van der Waals surface area contributed by atoms with Crippen LogP contribution in [0.5, 0.6) is 0 Å². The minimum atomic E-state index is -0.870. The first-order chi connectivity index (χ1) is 14.8. The smallest absolute Gasteiger partial charge is 0.322 e. The van der Waals surface area contributed by atoms with E-state index in [1.165, 1.54) is 7.11 Å². The van der Waals surface area contributed by atoms with Crippen molar-refractivity contribution in [2.75, 3.05) is 12.4 Å². The fraction of sp³-hybridized carbons (Fsp3) is 0.292. The number of ether oxygens (including phenoxy) is 1. The molecule has 1 heterocycles. The van der Waals surface area contributed by atoms with Gasteiger partial charge in [0.1, 0.15) is 6.04 Å². The van der Waals surface area contributed by atoms with Crippen molar-refractivity contribution in [1.82, 2.24) is 9.97 Å². The minimum Gasteiger partial charge on any atom is -0.468 e. The Kier molecular flexibility index (Phi) is 6.87. The van der Waals surface area contributed by atoms with Gasteiger partial charge >= 0.3 is 5.97 Å². The average molecular weight is 421 g/mol. The summed E-state index contributed by atoms with van der Waals surface area (Å²) in [5.74, 6) is -0.616. The van der Waals surface area contributed by atoms with E-state index in [2.05, 4.69) is 15.3 Å². The summed E-state index contributed by atoms with van der Waals surface area (Å²) in [7, 11) is 1.29. The number of imidazole rings is 1. The lowest BCUT2D eigenvalue weighted by Crippen LogP contribution is -2.39. The lowest BCUT2D eigenvalue weighted by Gasteiger charge is -2.27. The molecule has 2 aromatic carbocycles. The van der Waals surface area contributed by atoms with Crippen LogP contribution in [0, 0.1) is 5.41 Å². The van der Waals surface area contributed by atoms with Crippen LogP contribution in [0.2, 0.25) is 0 Å². The average Bonchev–Trinajstić information content (AvgIpc) is 3.30. The molecule has 0 aliphatic heterocycles. The van der Waals surface area contributed by atoms with Crippen molar-refractivity contribution in [2.24, 2.45) is 11.1 Å². The van der Waals surface area contributed by atoms with Gasteiger partial charge in [-0.3, -0.25) is 9.59 Å². The van der Waals surface area contributed by atoms with Crippen molar-refractivity contribution in [3.8, 4) is 11.1 Å². The number of ketones is 1. The third-order valence-corrected chi connectivity index (χ3v) is 5.24. The molecule has 0 amide bonds. The van der Waals surface area contributed by atoms with Crippen LogP contribution in [-0.2, 0) is 16.1 Å². The van der Waals surface area contributed by atoms with E-state index < -0.39 is 17.4 Å². The monoisotopic (exact) mass is 420 g/mol. The maximum absolute atomic E-state index is 13.6. The summed E-state index contributed by atoms with van der Waals surface area (Å²) in [6, 6.07) is 14.5. The van der Waals surface area contributed by atoms with Crippen molar-refractivity contribution in [1.29, 1.82) is 0 Å². The standard InChI is InChI=1S/C24H28N4O3/c1-24(2,12-19(25)23(30)31-3)22(29)18-10-7-11-20(27-14-17-13-26-15-28-17)21(18)16-8-5-4-6-9-16/h4-11,13,15,19,27H,12,14,25H2,1-3H3,(H,26,28)/t19-/m0/s1. The lowest BCUT2D eigenvalue weighted by molar-refractivity contribution is -0.142. The summed E-state index contributed by atoms with van der Waals surface area (Å²) in [4.78, 5) is 32.6. The van der Waals surface area contributed by atoms with Crippen molar-refractivity contribution in [3.63, 3.8) is 0 Å². The molecule has 31 heavy (non-hydrogen) atoms. The predicted molar refractivity (Wildman–Crippen MR) is 121 cm³/mol. The summed E-state index contributed by atoms with van der Waals surface area (Å²) >= 11 is 0. The fourth-order valence-corrected chi connectivity index (χ4v) is 3.62. The van der Waals surface area contributed by atoms with Gasteiger partial charge in [-0.15, -0.1) is 0 Å². The van der Waals surface area contributed by atoms with Crippen LogP contribution < -0.4 is 11.1 Å². The molecule has 162 valence electrons. The predicted octanol–water partition coefficient (Wildman–Crippen LogP) is 3.79. The third kappa shape index (κ3) is 5.19. The zero-order valence-corrected chi connectivity index (χ0v) is 18.0. The van der Waals surface area contributed by atoms with Crippen LogP contribution >= 0.6 is 0 Å². The second-order valence-corrected chi connectivity index (χ2v) is 8.07. The molecule has 0 spiro atoms. The molecule has 4 N–H and O–H groups in total. The van der Waals surface area contributed by atoms with Gasteiger partial charge in [-0.1, -0.05) is 56.3 Å². The number of H-pyrrole nitrogens is 1. The van der Waals surface area contributed by atoms with Crippen molar-refractivity contribution in [3.05, 3.63) is 72.3 Å². The molecular formula is C24H28N4O3. The van der Waals surface area contributed by atoms with Crippen molar-refractivity contribution < 1.29 is 14.3 Å². The molecule has 0 saturated carbocycles. The number of aromatic amines is 1. The van der Waals surface area contributed by atoms with Crippen molar-refractivity contribution in [2.45, 2.75) is 32.9 Å². The van der Waals surface area contributed by atoms with Gasteiger partial charge in [-0.25, -0.2) is 4.98 Å². The number of rotatable bonds is 9. The number of anilines is 1. The second-order valence-electron chi connectivity index (χ2n) is 8.07. The van der Waals surface area contributed by atoms with Gasteiger partial charge in [0.25, 0.3) is 0 Å². The molecule has 0 aliphatic rings. The molecule has 0 fully saturated rings. The molecule has 0 saturated heterocycles. The van der Waals surface area contributed by atoms with Gasteiger partial charge in [-0.05, 0) is 18.1 Å². The Morgan fingerprint density at radius 3 is 2.55 bits per heavy atom. The summed E-state index contributed by atoms with van der Waals surface area (Å²) in [6.07, 6.45) is 3.56. The van der Waals surface area contributed by atoms with E-state index in [1.54, 1.807) is 26.4 Å². The molecule has 1 aromatic heterocycles. The Hall–Kier alpha value is -3.45. The number of nitrogens with zero attached hydrogens (tertiary/aromatic N) is 1. The van der Waals surface area contributed by atoms with E-state index in [1.807, 2.05) is 48.5 Å². The zero-order chi connectivity index (χ0) is 22.4. The normalized spacial score (nSPS) is 12.3. The molecule has 0 unspecified atom stereocenters. The molecule has 7 heteroatoms. The number of carbonyl (C=O) groups is 2. The third-order valence-electron chi connectivity index (χ3n) is 5.24. The van der Waals surface area contributed by atoms with Gasteiger partial charge in [0.15, 0.2) is 5.78 Å². The largest absolute Gasteiger partial charge is 0.468 e.